The molecule has 0 aromatic carbocycles. The van der Waals surface area contributed by atoms with Gasteiger partial charge in [0, 0.05) is 17.9 Å². The van der Waals surface area contributed by atoms with Gasteiger partial charge in [0.05, 0.1) is 0 Å². The summed E-state index contributed by atoms with van der Waals surface area (Å²) in [4.78, 5) is 51.0. The largest absolute Gasteiger partial charge is 0.471 e. The minimum atomic E-state index is -5.14. The summed E-state index contributed by atoms with van der Waals surface area (Å²) in [5.41, 5.74) is 9.85. The van der Waals surface area contributed by atoms with Gasteiger partial charge in [0.1, 0.15) is 12.1 Å². The smallest absolute Gasteiger partial charge is 0.369 e. The van der Waals surface area contributed by atoms with Crippen LogP contribution in [0.5, 0.6) is 0 Å². The molecule has 0 radical (unpaired) electrons. The van der Waals surface area contributed by atoms with Crippen LogP contribution in [0.4, 0.5) is 13.2 Å². The van der Waals surface area contributed by atoms with E-state index in [-0.39, 0.29) is 18.4 Å². The molecule has 4 amide bonds. The van der Waals surface area contributed by atoms with Gasteiger partial charge < -0.3 is 21.7 Å². The number of rotatable bonds is 7. The highest BCUT2D eigenvalue weighted by Crippen LogP contribution is 2.78. The van der Waals surface area contributed by atoms with Crippen molar-refractivity contribution in [1.29, 1.82) is 0 Å². The van der Waals surface area contributed by atoms with E-state index in [9.17, 15) is 32.3 Å². The van der Waals surface area contributed by atoms with Crippen LogP contribution in [0.3, 0.4) is 0 Å². The monoisotopic (exact) mass is 446 g/mol. The van der Waals surface area contributed by atoms with E-state index in [1.807, 2.05) is 13.8 Å². The average molecular weight is 446 g/mol. The summed E-state index contributed by atoms with van der Waals surface area (Å²) >= 11 is 0. The van der Waals surface area contributed by atoms with Gasteiger partial charge in [-0.1, -0.05) is 27.7 Å². The number of halogens is 3. The molecule has 3 rings (SSSR count). The Morgan fingerprint density at radius 1 is 1.10 bits per heavy atom. The highest BCUT2D eigenvalue weighted by molar-refractivity contribution is 5.95. The second-order valence-electron chi connectivity index (χ2n) is 9.91. The molecule has 3 unspecified atom stereocenters. The molecule has 0 bridgehead atoms. The molecule has 0 spiro atoms. The van der Waals surface area contributed by atoms with Crippen molar-refractivity contribution >= 4 is 23.6 Å². The summed E-state index contributed by atoms with van der Waals surface area (Å²) < 4.78 is 38.4. The minimum Gasteiger partial charge on any atom is -0.369 e. The van der Waals surface area contributed by atoms with E-state index in [1.54, 1.807) is 19.2 Å². The number of piperidine rings is 1. The van der Waals surface area contributed by atoms with Crippen molar-refractivity contribution in [2.75, 3.05) is 6.54 Å². The fraction of sp³-hybridized carbons (Fsp3) is 0.800. The normalized spacial score (nSPS) is 31.0. The Morgan fingerprint density at radius 3 is 2.03 bits per heavy atom. The zero-order valence-corrected chi connectivity index (χ0v) is 18.0. The zero-order valence-electron chi connectivity index (χ0n) is 18.0. The maximum atomic E-state index is 13.3. The van der Waals surface area contributed by atoms with E-state index in [0.29, 0.717) is 12.8 Å². The number of nitrogens with two attached hydrogens (primary N) is 2. The quantitative estimate of drug-likeness (QED) is 0.526. The van der Waals surface area contributed by atoms with Crippen LogP contribution in [0.1, 0.15) is 40.5 Å². The molecule has 11 heteroatoms. The SMILES string of the molecule is CC(C)[C@H](C(N)=O)C12C(C(N)=O)N(C(=O)[C@@H](NC(=O)C(F)(F)F)C3CC3)CC1C2(C)C. The number of hydrogen-bond donors (Lipinski definition) is 3. The van der Waals surface area contributed by atoms with Crippen molar-refractivity contribution in [1.82, 2.24) is 10.2 Å². The molecule has 31 heavy (non-hydrogen) atoms. The number of primary amides is 2. The van der Waals surface area contributed by atoms with Crippen LogP contribution < -0.4 is 16.8 Å². The Morgan fingerprint density at radius 2 is 1.65 bits per heavy atom. The molecule has 5 N–H and O–H groups in total. The van der Waals surface area contributed by atoms with Crippen LogP contribution >= 0.6 is 0 Å². The maximum Gasteiger partial charge on any atom is 0.471 e. The first-order valence-electron chi connectivity index (χ1n) is 10.4. The van der Waals surface area contributed by atoms with Gasteiger partial charge in [0.2, 0.25) is 17.7 Å². The summed E-state index contributed by atoms with van der Waals surface area (Å²) in [5, 5.41) is 1.79. The van der Waals surface area contributed by atoms with Gasteiger partial charge in [-0.2, -0.15) is 13.2 Å². The van der Waals surface area contributed by atoms with Gasteiger partial charge in [-0.3, -0.25) is 19.2 Å². The Bertz CT molecular complexity index is 824. The number of likely N-dealkylation sites (tertiary alicyclic amines) is 1. The molecular weight excluding hydrogens is 417 g/mol. The van der Waals surface area contributed by atoms with E-state index >= 15 is 0 Å². The molecule has 1 heterocycles. The number of carbonyl (C=O) groups excluding carboxylic acids is 4. The van der Waals surface area contributed by atoms with Crippen LogP contribution in [0, 0.1) is 34.5 Å². The number of fused-ring (bicyclic) bond motifs is 1. The Kier molecular flexibility index (Phi) is 5.34. The maximum absolute atomic E-state index is 13.3. The van der Waals surface area contributed by atoms with Crippen molar-refractivity contribution in [3.8, 4) is 0 Å². The van der Waals surface area contributed by atoms with E-state index in [4.69, 9.17) is 11.5 Å². The first-order chi connectivity index (χ1) is 14.1. The van der Waals surface area contributed by atoms with Crippen molar-refractivity contribution in [3.05, 3.63) is 0 Å². The average Bonchev–Trinajstić information content (AvgIpc) is 3.46. The zero-order chi connectivity index (χ0) is 23.7. The minimum absolute atomic E-state index is 0.0566. The van der Waals surface area contributed by atoms with E-state index < -0.39 is 64.6 Å². The van der Waals surface area contributed by atoms with E-state index in [0.717, 1.165) is 4.90 Å². The highest BCUT2D eigenvalue weighted by Gasteiger charge is 2.84. The van der Waals surface area contributed by atoms with Gasteiger partial charge in [-0.15, -0.1) is 0 Å². The number of nitrogens with one attached hydrogen (secondary N) is 1. The Labute approximate surface area is 178 Å². The van der Waals surface area contributed by atoms with Gasteiger partial charge in [-0.25, -0.2) is 0 Å². The molecule has 3 aliphatic rings. The van der Waals surface area contributed by atoms with Crippen molar-refractivity contribution in [2.45, 2.75) is 58.8 Å². The standard InChI is InChI=1S/C20H29F3N4O4/c1-8(2)11(14(24)28)19-10(18(19,3)4)7-27(13(19)15(25)29)16(30)12(9-5-6-9)26-17(31)20(21,22)23/h8-13H,5-7H2,1-4H3,(H2,24,28)(H2,25,29)(H,26,31)/t10?,11-,12+,13?,19?/m1/s1. The lowest BCUT2D eigenvalue weighted by Gasteiger charge is -2.40. The lowest BCUT2D eigenvalue weighted by Crippen LogP contribution is -2.60. The number of carbonyl (C=O) groups is 4. The second-order valence-corrected chi connectivity index (χ2v) is 9.91. The molecule has 8 nitrogen and oxygen atoms in total. The number of nitrogens with zero attached hydrogens (tertiary/aromatic N) is 1. The van der Waals surface area contributed by atoms with Gasteiger partial charge in [0.15, 0.2) is 0 Å². The van der Waals surface area contributed by atoms with Crippen LogP contribution in [0.25, 0.3) is 0 Å². The number of hydrogen-bond acceptors (Lipinski definition) is 4. The molecule has 174 valence electrons. The second kappa shape index (κ2) is 7.09. The number of amides is 4. The van der Waals surface area contributed by atoms with Gasteiger partial charge in [-0.05, 0) is 36.0 Å². The molecule has 1 aliphatic heterocycles. The molecule has 0 aromatic rings. The molecule has 1 saturated heterocycles. The van der Waals surface area contributed by atoms with Crippen molar-refractivity contribution < 1.29 is 32.3 Å². The summed E-state index contributed by atoms with van der Waals surface area (Å²) in [6.45, 7) is 7.37. The summed E-state index contributed by atoms with van der Waals surface area (Å²) in [6, 6.07) is -2.61. The topological polar surface area (TPSA) is 136 Å². The summed E-state index contributed by atoms with van der Waals surface area (Å²) in [5.74, 6) is -6.16. The predicted octanol–water partition coefficient (Wildman–Crippen LogP) is 0.540. The van der Waals surface area contributed by atoms with Crippen molar-refractivity contribution in [2.24, 2.45) is 46.0 Å². The molecular formula is C20H29F3N4O4. The molecule has 5 atom stereocenters. The molecule has 2 saturated carbocycles. The third-order valence-electron chi connectivity index (χ3n) is 7.57. The first-order valence-corrected chi connectivity index (χ1v) is 10.4. The van der Waals surface area contributed by atoms with Crippen LogP contribution in [-0.2, 0) is 19.2 Å². The third kappa shape index (κ3) is 3.36. The number of alkyl halides is 3. The summed E-state index contributed by atoms with van der Waals surface area (Å²) in [7, 11) is 0. The lowest BCUT2D eigenvalue weighted by atomic mass is 9.71. The van der Waals surface area contributed by atoms with Gasteiger partial charge in [0.25, 0.3) is 0 Å². The van der Waals surface area contributed by atoms with Crippen LogP contribution in [-0.4, -0.2) is 53.3 Å². The van der Waals surface area contributed by atoms with E-state index in [2.05, 4.69) is 0 Å². The van der Waals surface area contributed by atoms with Gasteiger partial charge >= 0.3 is 12.1 Å². The molecule has 0 aromatic heterocycles. The van der Waals surface area contributed by atoms with Crippen LogP contribution in [0.2, 0.25) is 0 Å². The molecule has 2 aliphatic carbocycles. The molecule has 3 fully saturated rings. The predicted molar refractivity (Wildman–Crippen MR) is 103 cm³/mol. The fourth-order valence-electron chi connectivity index (χ4n) is 6.15. The first kappa shape index (κ1) is 23.3. The van der Waals surface area contributed by atoms with Crippen molar-refractivity contribution in [3.63, 3.8) is 0 Å². The highest BCUT2D eigenvalue weighted by atomic mass is 19.4. The summed E-state index contributed by atoms with van der Waals surface area (Å²) in [6.07, 6.45) is -4.17. The third-order valence-corrected chi connectivity index (χ3v) is 7.57. The van der Waals surface area contributed by atoms with E-state index in [1.165, 1.54) is 0 Å². The Hall–Kier alpha value is -2.33. The fourth-order valence-corrected chi connectivity index (χ4v) is 6.15. The van der Waals surface area contributed by atoms with Crippen LogP contribution in [0.15, 0.2) is 0 Å². The Balaban J connectivity index is 1.97. The lowest BCUT2D eigenvalue weighted by molar-refractivity contribution is -0.175.